The predicted molar refractivity (Wildman–Crippen MR) is 73.2 cm³/mol. The second-order valence-electron chi connectivity index (χ2n) is 4.31. The van der Waals surface area contributed by atoms with Gasteiger partial charge < -0.3 is 14.7 Å². The molecule has 6 heteroatoms. The zero-order chi connectivity index (χ0) is 14.9. The number of aliphatic hydroxyl groups is 1. The number of carbonyl (C=O) groups is 1. The first-order valence-electron chi connectivity index (χ1n) is 6.03. The van der Waals surface area contributed by atoms with Gasteiger partial charge in [0.2, 0.25) is 0 Å². The third kappa shape index (κ3) is 2.19. The molecule has 1 amide bonds. The first kappa shape index (κ1) is 14.2. The molecule has 0 aromatic heterocycles. The van der Waals surface area contributed by atoms with E-state index in [1.54, 1.807) is 32.2 Å². The second-order valence-corrected chi connectivity index (χ2v) is 4.75. The molecule has 1 aliphatic heterocycles. The van der Waals surface area contributed by atoms with Crippen molar-refractivity contribution in [1.82, 2.24) is 4.90 Å². The van der Waals surface area contributed by atoms with E-state index < -0.39 is 12.0 Å². The van der Waals surface area contributed by atoms with Crippen LogP contribution >= 0.6 is 11.6 Å². The van der Waals surface area contributed by atoms with Crippen molar-refractivity contribution in [2.45, 2.75) is 13.0 Å². The molecule has 2 rings (SSSR count). The van der Waals surface area contributed by atoms with E-state index in [0.717, 1.165) is 0 Å². The lowest BCUT2D eigenvalue weighted by Gasteiger charge is -2.20. The SMILES string of the molecule is CCO/C(O)=C(/C#N)C1c2cc(Cl)ccc2C(=O)N1C. The zero-order valence-electron chi connectivity index (χ0n) is 11.1. The van der Waals surface area contributed by atoms with E-state index in [1.165, 1.54) is 4.90 Å². The van der Waals surface area contributed by atoms with Gasteiger partial charge in [-0.2, -0.15) is 5.26 Å². The highest BCUT2D eigenvalue weighted by atomic mass is 35.5. The van der Waals surface area contributed by atoms with Gasteiger partial charge in [-0.3, -0.25) is 4.79 Å². The molecule has 0 fully saturated rings. The fourth-order valence-corrected chi connectivity index (χ4v) is 2.44. The number of rotatable bonds is 3. The van der Waals surface area contributed by atoms with Crippen molar-refractivity contribution in [2.24, 2.45) is 0 Å². The van der Waals surface area contributed by atoms with Crippen LogP contribution in [-0.2, 0) is 4.74 Å². The normalized spacial score (nSPS) is 18.4. The summed E-state index contributed by atoms with van der Waals surface area (Å²) in [7, 11) is 1.57. The lowest BCUT2D eigenvalue weighted by atomic mass is 9.99. The number of hydrogen-bond donors (Lipinski definition) is 1. The lowest BCUT2D eigenvalue weighted by molar-refractivity contribution is 0.0760. The van der Waals surface area contributed by atoms with Crippen LogP contribution in [0.1, 0.15) is 28.9 Å². The molecule has 20 heavy (non-hydrogen) atoms. The van der Waals surface area contributed by atoms with Gasteiger partial charge in [0.05, 0.1) is 6.61 Å². The maximum Gasteiger partial charge on any atom is 0.293 e. The summed E-state index contributed by atoms with van der Waals surface area (Å²) >= 11 is 5.95. The summed E-state index contributed by atoms with van der Waals surface area (Å²) in [5, 5.41) is 19.6. The highest BCUT2D eigenvalue weighted by molar-refractivity contribution is 6.30. The largest absolute Gasteiger partial charge is 0.480 e. The van der Waals surface area contributed by atoms with E-state index >= 15 is 0 Å². The molecule has 5 nitrogen and oxygen atoms in total. The number of ether oxygens (including phenoxy) is 1. The second kappa shape index (κ2) is 5.43. The molecule has 104 valence electrons. The summed E-state index contributed by atoms with van der Waals surface area (Å²) in [6, 6.07) is 6.08. The summed E-state index contributed by atoms with van der Waals surface area (Å²) in [5.74, 6) is -0.689. The number of nitriles is 1. The standard InChI is InChI=1S/C14H13ClN2O3/c1-3-20-14(19)11(7-16)12-10-6-8(15)4-5-9(10)13(18)17(12)2/h4-6,12,19H,3H2,1-2H3/b14-11-. The third-order valence-corrected chi connectivity index (χ3v) is 3.39. The number of aliphatic hydroxyl groups excluding tert-OH is 1. The Balaban J connectivity index is 2.59. The molecule has 1 unspecified atom stereocenters. The number of nitrogens with zero attached hydrogens (tertiary/aromatic N) is 2. The van der Waals surface area contributed by atoms with E-state index in [-0.39, 0.29) is 18.1 Å². The van der Waals surface area contributed by atoms with Crippen molar-refractivity contribution in [3.05, 3.63) is 45.9 Å². The van der Waals surface area contributed by atoms with E-state index in [4.69, 9.17) is 16.3 Å². The first-order chi connectivity index (χ1) is 9.51. The fourth-order valence-electron chi connectivity index (χ4n) is 2.26. The van der Waals surface area contributed by atoms with Crippen LogP contribution in [0.25, 0.3) is 0 Å². The number of amides is 1. The number of hydrogen-bond acceptors (Lipinski definition) is 4. The van der Waals surface area contributed by atoms with Crippen molar-refractivity contribution in [3.8, 4) is 6.07 Å². The van der Waals surface area contributed by atoms with Gasteiger partial charge in [-0.05, 0) is 30.7 Å². The topological polar surface area (TPSA) is 73.6 Å². The molecule has 1 aliphatic rings. The molecule has 0 saturated carbocycles. The smallest absolute Gasteiger partial charge is 0.293 e. The van der Waals surface area contributed by atoms with Gasteiger partial charge in [0, 0.05) is 17.6 Å². The number of fused-ring (bicyclic) bond motifs is 1. The minimum atomic E-state index is -0.687. The predicted octanol–water partition coefficient (Wildman–Crippen LogP) is 2.80. The summed E-state index contributed by atoms with van der Waals surface area (Å²) < 4.78 is 4.98. The Morgan fingerprint density at radius 1 is 1.60 bits per heavy atom. The minimum Gasteiger partial charge on any atom is -0.480 e. The Bertz CT molecular complexity index is 634. The molecule has 1 aromatic rings. The highest BCUT2D eigenvalue weighted by Gasteiger charge is 2.38. The monoisotopic (exact) mass is 292 g/mol. The molecular weight excluding hydrogens is 280 g/mol. The average molecular weight is 293 g/mol. The molecule has 1 atom stereocenters. The van der Waals surface area contributed by atoms with Crippen molar-refractivity contribution in [2.75, 3.05) is 13.7 Å². The van der Waals surface area contributed by atoms with Crippen LogP contribution in [0.3, 0.4) is 0 Å². The summed E-state index contributed by atoms with van der Waals surface area (Å²) in [6.07, 6.45) is 0. The van der Waals surface area contributed by atoms with Crippen LogP contribution in [0.15, 0.2) is 29.7 Å². The maximum atomic E-state index is 12.1. The molecule has 1 heterocycles. The molecule has 0 spiro atoms. The van der Waals surface area contributed by atoms with E-state index in [9.17, 15) is 15.2 Å². The third-order valence-electron chi connectivity index (χ3n) is 3.15. The number of benzene rings is 1. The number of halogens is 1. The maximum absolute atomic E-state index is 12.1. The van der Waals surface area contributed by atoms with Gasteiger partial charge in [0.1, 0.15) is 17.7 Å². The number of carbonyl (C=O) groups excluding carboxylic acids is 1. The highest BCUT2D eigenvalue weighted by Crippen LogP contribution is 2.39. The van der Waals surface area contributed by atoms with Gasteiger partial charge in [0.15, 0.2) is 0 Å². The quantitative estimate of drug-likeness (QED) is 0.687. The van der Waals surface area contributed by atoms with Crippen LogP contribution in [0.4, 0.5) is 0 Å². The first-order valence-corrected chi connectivity index (χ1v) is 6.41. The summed E-state index contributed by atoms with van der Waals surface area (Å²) in [5.41, 5.74) is 1.05. The van der Waals surface area contributed by atoms with Crippen LogP contribution in [0, 0.1) is 11.3 Å². The van der Waals surface area contributed by atoms with E-state index in [0.29, 0.717) is 16.1 Å². The van der Waals surface area contributed by atoms with Gasteiger partial charge in [-0.15, -0.1) is 0 Å². The van der Waals surface area contributed by atoms with Crippen LogP contribution < -0.4 is 0 Å². The molecular formula is C14H13ClN2O3. The van der Waals surface area contributed by atoms with Gasteiger partial charge in [-0.1, -0.05) is 11.6 Å². The Kier molecular flexibility index (Phi) is 3.86. The Morgan fingerprint density at radius 2 is 2.30 bits per heavy atom. The molecule has 0 saturated heterocycles. The Labute approximate surface area is 121 Å². The molecule has 1 aromatic carbocycles. The summed E-state index contributed by atoms with van der Waals surface area (Å²) in [6.45, 7) is 1.92. The Morgan fingerprint density at radius 3 is 2.90 bits per heavy atom. The Hall–Kier alpha value is -2.19. The van der Waals surface area contributed by atoms with Crippen molar-refractivity contribution in [3.63, 3.8) is 0 Å². The van der Waals surface area contributed by atoms with E-state index in [1.807, 2.05) is 6.07 Å². The minimum absolute atomic E-state index is 0.0104. The lowest BCUT2D eigenvalue weighted by Crippen LogP contribution is -2.25. The van der Waals surface area contributed by atoms with Crippen LogP contribution in [-0.4, -0.2) is 29.6 Å². The number of likely N-dealkylation sites (N-methyl/N-ethyl adjacent to an activating group) is 1. The van der Waals surface area contributed by atoms with Gasteiger partial charge >= 0.3 is 0 Å². The zero-order valence-corrected chi connectivity index (χ0v) is 11.8. The van der Waals surface area contributed by atoms with Crippen LogP contribution in [0.2, 0.25) is 5.02 Å². The molecule has 0 aliphatic carbocycles. The van der Waals surface area contributed by atoms with E-state index in [2.05, 4.69) is 0 Å². The van der Waals surface area contributed by atoms with Crippen molar-refractivity contribution in [1.29, 1.82) is 5.26 Å². The van der Waals surface area contributed by atoms with Crippen LogP contribution in [0.5, 0.6) is 0 Å². The molecule has 0 radical (unpaired) electrons. The molecule has 1 N–H and O–H groups in total. The summed E-state index contributed by atoms with van der Waals surface area (Å²) in [4.78, 5) is 13.5. The molecule has 0 bridgehead atoms. The average Bonchev–Trinajstić information content (AvgIpc) is 2.65. The van der Waals surface area contributed by atoms with Gasteiger partial charge in [-0.25, -0.2) is 0 Å². The van der Waals surface area contributed by atoms with Gasteiger partial charge in [0.25, 0.3) is 11.9 Å². The van der Waals surface area contributed by atoms with Crippen molar-refractivity contribution >= 4 is 17.5 Å². The van der Waals surface area contributed by atoms with Crippen molar-refractivity contribution < 1.29 is 14.6 Å². The fraction of sp³-hybridized carbons (Fsp3) is 0.286.